The average Bonchev–Trinajstić information content (AvgIpc) is 2.15. The van der Waals surface area contributed by atoms with Crippen LogP contribution in [0.25, 0.3) is 0 Å². The molecule has 0 saturated heterocycles. The lowest BCUT2D eigenvalue weighted by Gasteiger charge is -2.06. The van der Waals surface area contributed by atoms with Gasteiger partial charge in [-0.25, -0.2) is 8.78 Å². The minimum atomic E-state index is -1.15. The molecule has 0 aliphatic rings. The van der Waals surface area contributed by atoms with Crippen LogP contribution in [0.2, 0.25) is 0 Å². The first-order chi connectivity index (χ1) is 7.00. The van der Waals surface area contributed by atoms with Gasteiger partial charge in [-0.1, -0.05) is 0 Å². The Morgan fingerprint density at radius 1 is 1.53 bits per heavy atom. The monoisotopic (exact) mass is 233 g/mol. The van der Waals surface area contributed by atoms with Gasteiger partial charge in [0, 0.05) is 16.7 Å². The van der Waals surface area contributed by atoms with Crippen LogP contribution in [-0.2, 0) is 4.79 Å². The molecule has 1 rings (SSSR count). The third-order valence-electron chi connectivity index (χ3n) is 1.63. The van der Waals surface area contributed by atoms with Gasteiger partial charge in [0.25, 0.3) is 0 Å². The molecule has 1 unspecified atom stereocenters. The molecule has 0 aliphatic heterocycles. The molecule has 82 valence electrons. The summed E-state index contributed by atoms with van der Waals surface area (Å²) in [6, 6.07) is 2.05. The van der Waals surface area contributed by atoms with E-state index >= 15 is 0 Å². The Morgan fingerprint density at radius 2 is 2.20 bits per heavy atom. The van der Waals surface area contributed by atoms with Crippen LogP contribution in [0, 0.1) is 11.6 Å². The van der Waals surface area contributed by atoms with E-state index in [0.29, 0.717) is 0 Å². The van der Waals surface area contributed by atoms with Gasteiger partial charge in [-0.15, -0.1) is 11.8 Å². The molecule has 0 spiro atoms. The number of carbonyl (C=O) groups is 1. The minimum absolute atomic E-state index is 0.0396. The van der Waals surface area contributed by atoms with E-state index < -0.39 is 23.6 Å². The summed E-state index contributed by atoms with van der Waals surface area (Å²) in [4.78, 5) is 10.6. The first-order valence-electron chi connectivity index (χ1n) is 4.07. The van der Waals surface area contributed by atoms with Gasteiger partial charge in [0.1, 0.15) is 17.7 Å². The standard InChI is InChI=1S/C9H9F2NO2S/c10-5-1-2-8(6(11)3-5)15-4-7(12)9(13)14/h1-3,7H,4,12H2,(H,13,14). The normalized spacial score (nSPS) is 12.5. The van der Waals surface area contributed by atoms with Gasteiger partial charge in [-0.2, -0.15) is 0 Å². The van der Waals surface area contributed by atoms with Gasteiger partial charge >= 0.3 is 5.97 Å². The second-order valence-electron chi connectivity index (χ2n) is 2.83. The van der Waals surface area contributed by atoms with E-state index in [1.165, 1.54) is 6.07 Å². The zero-order valence-electron chi connectivity index (χ0n) is 7.61. The second-order valence-corrected chi connectivity index (χ2v) is 3.89. The van der Waals surface area contributed by atoms with E-state index in [9.17, 15) is 13.6 Å². The molecule has 1 atom stereocenters. The van der Waals surface area contributed by atoms with Crippen LogP contribution in [0.15, 0.2) is 23.1 Å². The number of carboxylic acids is 1. The van der Waals surface area contributed by atoms with Gasteiger partial charge in [-0.05, 0) is 12.1 Å². The summed E-state index contributed by atoms with van der Waals surface area (Å²) in [7, 11) is 0. The lowest BCUT2D eigenvalue weighted by atomic mass is 10.3. The quantitative estimate of drug-likeness (QED) is 0.773. The van der Waals surface area contributed by atoms with Gasteiger partial charge < -0.3 is 10.8 Å². The molecule has 15 heavy (non-hydrogen) atoms. The van der Waals surface area contributed by atoms with Crippen molar-refractivity contribution in [2.45, 2.75) is 10.9 Å². The Kier molecular flexibility index (Phi) is 4.05. The van der Waals surface area contributed by atoms with Crippen molar-refractivity contribution in [3.63, 3.8) is 0 Å². The topological polar surface area (TPSA) is 63.3 Å². The fourth-order valence-electron chi connectivity index (χ4n) is 0.843. The fourth-order valence-corrected chi connectivity index (χ4v) is 1.71. The van der Waals surface area contributed by atoms with Crippen molar-refractivity contribution in [3.05, 3.63) is 29.8 Å². The number of halogens is 2. The maximum absolute atomic E-state index is 13.1. The first kappa shape index (κ1) is 11.9. The number of rotatable bonds is 4. The number of hydrogen-bond acceptors (Lipinski definition) is 3. The van der Waals surface area contributed by atoms with E-state index in [1.54, 1.807) is 0 Å². The molecule has 6 heteroatoms. The highest BCUT2D eigenvalue weighted by atomic mass is 32.2. The van der Waals surface area contributed by atoms with Crippen LogP contribution in [-0.4, -0.2) is 22.9 Å². The zero-order valence-corrected chi connectivity index (χ0v) is 8.43. The molecule has 0 bridgehead atoms. The highest BCUT2D eigenvalue weighted by molar-refractivity contribution is 7.99. The van der Waals surface area contributed by atoms with Crippen LogP contribution in [0.3, 0.4) is 0 Å². The summed E-state index contributed by atoms with van der Waals surface area (Å²) >= 11 is 0.945. The van der Waals surface area contributed by atoms with Gasteiger partial charge in [-0.3, -0.25) is 4.79 Å². The summed E-state index contributed by atoms with van der Waals surface area (Å²) in [5.74, 6) is -2.49. The molecular weight excluding hydrogens is 224 g/mol. The molecule has 1 aromatic rings. The summed E-state index contributed by atoms with van der Waals surface area (Å²) in [5, 5.41) is 8.48. The lowest BCUT2D eigenvalue weighted by molar-refractivity contribution is -0.137. The SMILES string of the molecule is NC(CSc1ccc(F)cc1F)C(=O)O. The molecule has 0 aliphatic carbocycles. The number of hydrogen-bond donors (Lipinski definition) is 2. The van der Waals surface area contributed by atoms with Crippen molar-refractivity contribution in [2.24, 2.45) is 5.73 Å². The summed E-state index contributed by atoms with van der Waals surface area (Å²) < 4.78 is 25.6. The van der Waals surface area contributed by atoms with E-state index in [-0.39, 0.29) is 10.6 Å². The number of nitrogens with two attached hydrogens (primary N) is 1. The fraction of sp³-hybridized carbons (Fsp3) is 0.222. The Labute approximate surface area is 89.3 Å². The van der Waals surface area contributed by atoms with Gasteiger partial charge in [0.05, 0.1) is 0 Å². The Balaban J connectivity index is 2.62. The van der Waals surface area contributed by atoms with Crippen molar-refractivity contribution in [1.29, 1.82) is 0 Å². The molecule has 3 nitrogen and oxygen atoms in total. The predicted octanol–water partition coefficient (Wildman–Crippen LogP) is 1.47. The molecule has 0 heterocycles. The minimum Gasteiger partial charge on any atom is -0.480 e. The van der Waals surface area contributed by atoms with Crippen LogP contribution in [0.1, 0.15) is 0 Å². The van der Waals surface area contributed by atoms with Crippen LogP contribution >= 0.6 is 11.8 Å². The van der Waals surface area contributed by atoms with Crippen molar-refractivity contribution in [3.8, 4) is 0 Å². The van der Waals surface area contributed by atoms with Crippen LogP contribution in [0.5, 0.6) is 0 Å². The van der Waals surface area contributed by atoms with Crippen molar-refractivity contribution in [2.75, 3.05) is 5.75 Å². The Hall–Kier alpha value is -1.14. The van der Waals surface area contributed by atoms with Crippen molar-refractivity contribution in [1.82, 2.24) is 0 Å². The highest BCUT2D eigenvalue weighted by Crippen LogP contribution is 2.22. The van der Waals surface area contributed by atoms with Crippen LogP contribution in [0.4, 0.5) is 8.78 Å². The number of benzene rings is 1. The number of thioether (sulfide) groups is 1. The van der Waals surface area contributed by atoms with E-state index in [0.717, 1.165) is 23.9 Å². The maximum atomic E-state index is 13.1. The third kappa shape index (κ3) is 3.49. The van der Waals surface area contributed by atoms with Crippen molar-refractivity contribution >= 4 is 17.7 Å². The molecule has 0 aromatic heterocycles. The lowest BCUT2D eigenvalue weighted by Crippen LogP contribution is -2.32. The third-order valence-corrected chi connectivity index (χ3v) is 2.80. The van der Waals surface area contributed by atoms with Crippen LogP contribution < -0.4 is 5.73 Å². The van der Waals surface area contributed by atoms with Gasteiger partial charge in [0.15, 0.2) is 0 Å². The maximum Gasteiger partial charge on any atom is 0.321 e. The zero-order chi connectivity index (χ0) is 11.4. The van der Waals surface area contributed by atoms with Crippen molar-refractivity contribution < 1.29 is 18.7 Å². The number of aliphatic carboxylic acids is 1. The van der Waals surface area contributed by atoms with E-state index in [2.05, 4.69) is 0 Å². The first-order valence-corrected chi connectivity index (χ1v) is 5.05. The van der Waals surface area contributed by atoms with E-state index in [4.69, 9.17) is 10.8 Å². The average molecular weight is 233 g/mol. The second kappa shape index (κ2) is 5.09. The van der Waals surface area contributed by atoms with Gasteiger partial charge in [0.2, 0.25) is 0 Å². The summed E-state index contributed by atoms with van der Waals surface area (Å²) in [6.07, 6.45) is 0. The largest absolute Gasteiger partial charge is 0.480 e. The molecule has 1 aromatic carbocycles. The smallest absolute Gasteiger partial charge is 0.321 e. The molecule has 0 amide bonds. The Morgan fingerprint density at radius 3 is 2.73 bits per heavy atom. The summed E-state index contributed by atoms with van der Waals surface area (Å²) in [5.41, 5.74) is 5.23. The molecular formula is C9H9F2NO2S. The highest BCUT2D eigenvalue weighted by Gasteiger charge is 2.13. The number of carboxylic acid groups (broad SMARTS) is 1. The molecule has 0 saturated carbocycles. The molecule has 3 N–H and O–H groups in total. The predicted molar refractivity (Wildman–Crippen MR) is 52.7 cm³/mol. The molecule has 0 radical (unpaired) electrons. The molecule has 0 fully saturated rings. The van der Waals surface area contributed by atoms with E-state index in [1.807, 2.05) is 0 Å². The Bertz CT molecular complexity index is 373. The summed E-state index contributed by atoms with van der Waals surface area (Å²) in [6.45, 7) is 0.